The fourth-order valence-corrected chi connectivity index (χ4v) is 7.12. The third-order valence-corrected chi connectivity index (χ3v) is 7.45. The van der Waals surface area contributed by atoms with Gasteiger partial charge in [-0.3, -0.25) is 27.1 Å². The molecule has 0 spiro atoms. The molecule has 0 bridgehead atoms. The second-order valence-corrected chi connectivity index (χ2v) is 14.4. The highest BCUT2D eigenvalue weighted by Gasteiger charge is 2.69. The van der Waals surface area contributed by atoms with Crippen molar-refractivity contribution in [3.05, 3.63) is 0 Å². The molecule has 1 aliphatic carbocycles. The van der Waals surface area contributed by atoms with Crippen molar-refractivity contribution in [1.82, 2.24) is 0 Å². The van der Waals surface area contributed by atoms with E-state index in [2.05, 4.69) is 39.8 Å². The summed E-state index contributed by atoms with van der Waals surface area (Å²) in [5.74, 6) is 0. The smallest absolute Gasteiger partial charge is 0.303 e. The van der Waals surface area contributed by atoms with Crippen LogP contribution in [0.2, 0.25) is 0 Å². The average molecular weight is 692 g/mol. The van der Waals surface area contributed by atoms with E-state index in [-0.39, 0.29) is 0 Å². The minimum Gasteiger partial charge on any atom is -0.303 e. The molecular formula is C6H18O24P6S. The normalized spacial score (nSPS) is 30.9. The number of phosphoric ester groups is 6. The number of hydrogen-bond acceptors (Lipinski definition) is 13. The van der Waals surface area contributed by atoms with E-state index >= 15 is 0 Å². The number of rotatable bonds is 12. The molecule has 0 aromatic heterocycles. The molecule has 12 N–H and O–H groups in total. The van der Waals surface area contributed by atoms with Crippen molar-refractivity contribution in [3.8, 4) is 0 Å². The predicted octanol–water partition coefficient (Wildman–Crippen LogP) is -2.88. The largest absolute Gasteiger partial charge is 0.471 e. The number of hydrogen-bond donors (Lipinski definition) is 13. The lowest BCUT2D eigenvalue weighted by atomic mass is 9.84. The molecule has 1 rings (SSSR count). The first-order valence-electron chi connectivity index (χ1n) is 8.11. The zero-order valence-corrected chi connectivity index (χ0v) is 23.0. The monoisotopic (exact) mass is 692 g/mol. The van der Waals surface area contributed by atoms with E-state index in [0.717, 1.165) is 0 Å². The van der Waals surface area contributed by atoms with Gasteiger partial charge in [0.25, 0.3) is 0 Å². The summed E-state index contributed by atoms with van der Waals surface area (Å²) in [5.41, 5.74) is 0. The molecule has 1 fully saturated rings. The van der Waals surface area contributed by atoms with Gasteiger partial charge in [-0.05, 0) is 0 Å². The third kappa shape index (κ3) is 12.6. The SMILES string of the molecule is O=P(O)(O)O[C@@H]1[C@@H](OP(=O)(O)O)[C@H](OP(=O)(O)O)[C@@](S)(OP(=O)(O)O)[C@@H](OP(=O)(O)O)[C@H]1OP(=O)(O)O. The molecule has 0 aromatic rings. The highest BCUT2D eigenvalue weighted by atomic mass is 32.1. The van der Waals surface area contributed by atoms with Crippen LogP contribution in [0.1, 0.15) is 0 Å². The summed E-state index contributed by atoms with van der Waals surface area (Å²) >= 11 is 3.46. The molecule has 0 saturated heterocycles. The summed E-state index contributed by atoms with van der Waals surface area (Å²) in [6.45, 7) is 0. The fraction of sp³-hybridized carbons (Fsp3) is 1.00. The highest BCUT2D eigenvalue weighted by molar-refractivity contribution is 7.82. The molecular weight excluding hydrogens is 674 g/mol. The summed E-state index contributed by atoms with van der Waals surface area (Å²) < 4.78 is 93.9. The van der Waals surface area contributed by atoms with Gasteiger partial charge < -0.3 is 58.7 Å². The van der Waals surface area contributed by atoms with Crippen LogP contribution in [0.4, 0.5) is 0 Å². The van der Waals surface area contributed by atoms with Crippen molar-refractivity contribution in [3.63, 3.8) is 0 Å². The maximum atomic E-state index is 11.6. The molecule has 222 valence electrons. The molecule has 0 amide bonds. The van der Waals surface area contributed by atoms with Crippen molar-refractivity contribution in [2.45, 2.75) is 35.5 Å². The first-order chi connectivity index (χ1) is 15.9. The molecule has 0 aliphatic heterocycles. The van der Waals surface area contributed by atoms with Crippen LogP contribution in [0.5, 0.6) is 0 Å². The Morgan fingerprint density at radius 1 is 0.432 bits per heavy atom. The van der Waals surface area contributed by atoms with Gasteiger partial charge in [-0.15, -0.1) is 12.6 Å². The number of thiol groups is 1. The lowest BCUT2D eigenvalue weighted by Gasteiger charge is -2.52. The number of phosphoric acid groups is 6. The molecule has 31 heteroatoms. The van der Waals surface area contributed by atoms with Gasteiger partial charge in [0.15, 0.2) is 4.93 Å². The van der Waals surface area contributed by atoms with Crippen molar-refractivity contribution >= 4 is 59.6 Å². The summed E-state index contributed by atoms with van der Waals surface area (Å²) in [6, 6.07) is 0. The standard InChI is InChI=1S/C6H18O24P6S/c7-31(8,9)25-1-2(26-32(10,11)12)4(28-34(16,17)18)6(37,30-36(22,23)24)5(29-35(19,20)21)3(1)27-33(13,14)15/h1-5,37H,(H2,7,8,9)(H2,10,11,12)(H2,13,14,15)(H2,16,17,18)(H2,19,20,21)(H2,22,23,24)/t1-,2-,3+,4-,5-,6+/m0/s1. The summed E-state index contributed by atoms with van der Waals surface area (Å²) in [7, 11) is -36.6. The molecule has 6 atom stereocenters. The quantitative estimate of drug-likeness (QED) is 0.0555. The molecule has 0 radical (unpaired) electrons. The summed E-state index contributed by atoms with van der Waals surface area (Å²) in [5, 5.41) is 0. The van der Waals surface area contributed by atoms with Gasteiger partial charge in [-0.25, -0.2) is 27.4 Å². The Labute approximate surface area is 208 Å². The van der Waals surface area contributed by atoms with Crippen LogP contribution in [0.3, 0.4) is 0 Å². The van der Waals surface area contributed by atoms with E-state index in [1.165, 1.54) is 0 Å². The van der Waals surface area contributed by atoms with Crippen LogP contribution in [-0.2, 0) is 54.5 Å². The molecule has 24 nitrogen and oxygen atoms in total. The predicted molar refractivity (Wildman–Crippen MR) is 109 cm³/mol. The van der Waals surface area contributed by atoms with E-state index in [9.17, 15) is 86.1 Å². The van der Waals surface area contributed by atoms with Gasteiger partial charge in [-0.2, -0.15) is 0 Å². The summed E-state index contributed by atoms with van der Waals surface area (Å²) in [4.78, 5) is 107. The first kappa shape index (κ1) is 36.0. The van der Waals surface area contributed by atoms with Crippen molar-refractivity contribution in [1.29, 1.82) is 0 Å². The zero-order valence-electron chi connectivity index (χ0n) is 16.8. The van der Waals surface area contributed by atoms with Gasteiger partial charge >= 0.3 is 46.9 Å². The van der Waals surface area contributed by atoms with Crippen LogP contribution < -0.4 is 0 Å². The van der Waals surface area contributed by atoms with Gasteiger partial charge in [0.05, 0.1) is 0 Å². The van der Waals surface area contributed by atoms with Gasteiger partial charge in [0.2, 0.25) is 0 Å². The van der Waals surface area contributed by atoms with Crippen LogP contribution in [0.25, 0.3) is 0 Å². The van der Waals surface area contributed by atoms with Crippen LogP contribution in [-0.4, -0.2) is 94.2 Å². The Bertz CT molecular complexity index is 1040. The average Bonchev–Trinajstić information content (AvgIpc) is 2.52. The maximum Gasteiger partial charge on any atom is 0.471 e. The Balaban J connectivity index is 4.19. The molecule has 0 aromatic carbocycles. The second-order valence-electron chi connectivity index (χ2n) is 6.55. The summed E-state index contributed by atoms with van der Waals surface area (Å²) in [6.07, 6.45) is -16.4. The Morgan fingerprint density at radius 2 is 0.676 bits per heavy atom. The van der Waals surface area contributed by atoms with Crippen molar-refractivity contribution in [2.75, 3.05) is 0 Å². The topological polar surface area (TPSA) is 401 Å². The lowest BCUT2D eigenvalue weighted by molar-refractivity contribution is -0.213. The van der Waals surface area contributed by atoms with E-state index in [1.807, 2.05) is 0 Å². The molecule has 0 unspecified atom stereocenters. The van der Waals surface area contributed by atoms with Gasteiger partial charge in [0.1, 0.15) is 30.5 Å². The minimum atomic E-state index is -6.16. The van der Waals surface area contributed by atoms with E-state index in [1.54, 1.807) is 0 Å². The highest BCUT2D eigenvalue weighted by Crippen LogP contribution is 2.61. The minimum absolute atomic E-state index is 3.21. The Kier molecular flexibility index (Phi) is 11.4. The van der Waals surface area contributed by atoms with Crippen molar-refractivity contribution in [2.24, 2.45) is 0 Å². The Morgan fingerprint density at radius 3 is 0.892 bits per heavy atom. The third-order valence-electron chi connectivity index (χ3n) is 3.60. The van der Waals surface area contributed by atoms with Crippen LogP contribution >= 0.6 is 59.6 Å². The van der Waals surface area contributed by atoms with Crippen LogP contribution in [0.15, 0.2) is 0 Å². The van der Waals surface area contributed by atoms with Gasteiger partial charge in [-0.1, -0.05) is 0 Å². The lowest BCUT2D eigenvalue weighted by Crippen LogP contribution is -2.71. The first-order valence-corrected chi connectivity index (χ1v) is 17.7. The van der Waals surface area contributed by atoms with Gasteiger partial charge in [0, 0.05) is 0 Å². The fourth-order valence-electron chi connectivity index (χ4n) is 2.85. The van der Waals surface area contributed by atoms with Crippen molar-refractivity contribution < 1.29 is 113 Å². The van der Waals surface area contributed by atoms with Crippen LogP contribution in [0, 0.1) is 0 Å². The second kappa shape index (κ2) is 11.7. The van der Waals surface area contributed by atoms with E-state index < -0.39 is 82.4 Å². The molecule has 37 heavy (non-hydrogen) atoms. The molecule has 1 saturated carbocycles. The molecule has 1 aliphatic rings. The zero-order chi connectivity index (χ0) is 29.6. The maximum absolute atomic E-state index is 11.6. The molecule has 0 heterocycles. The van der Waals surface area contributed by atoms with E-state index in [4.69, 9.17) is 0 Å². The van der Waals surface area contributed by atoms with E-state index in [0.29, 0.717) is 0 Å². The Hall–Kier alpha value is 1.01.